The maximum Gasteiger partial charge on any atom is 0.199 e. The lowest BCUT2D eigenvalue weighted by molar-refractivity contribution is -0.0676. The van der Waals surface area contributed by atoms with E-state index in [1.165, 1.54) is 0 Å². The van der Waals surface area contributed by atoms with Crippen LogP contribution in [0.3, 0.4) is 0 Å². The zero-order valence-electron chi connectivity index (χ0n) is 8.93. The fourth-order valence-corrected chi connectivity index (χ4v) is 1.60. The number of benzene rings is 1. The Balaban J connectivity index is 1.81. The molecule has 0 aliphatic carbocycles. The van der Waals surface area contributed by atoms with E-state index in [0.717, 1.165) is 18.6 Å². The topological polar surface area (TPSA) is 18.5 Å². The summed E-state index contributed by atoms with van der Waals surface area (Å²) in [6, 6.07) is 10.1. The molecule has 2 unspecified atom stereocenters. The van der Waals surface area contributed by atoms with Crippen molar-refractivity contribution in [2.75, 3.05) is 6.61 Å². The molecular weight excluding hydrogens is 188 g/mol. The summed E-state index contributed by atoms with van der Waals surface area (Å²) in [4.78, 5) is 0. The summed E-state index contributed by atoms with van der Waals surface area (Å²) in [5.74, 6) is 0.611. The van der Waals surface area contributed by atoms with Gasteiger partial charge < -0.3 is 9.47 Å². The van der Waals surface area contributed by atoms with Crippen LogP contribution in [0.4, 0.5) is 0 Å². The van der Waals surface area contributed by atoms with E-state index >= 15 is 0 Å². The van der Waals surface area contributed by atoms with Crippen LogP contribution < -0.4 is 0 Å². The van der Waals surface area contributed by atoms with Gasteiger partial charge in [-0.3, -0.25) is 0 Å². The number of hydrogen-bond acceptors (Lipinski definition) is 2. The van der Waals surface area contributed by atoms with Crippen LogP contribution in [0.5, 0.6) is 0 Å². The van der Waals surface area contributed by atoms with Gasteiger partial charge in [0.15, 0.2) is 6.29 Å². The van der Waals surface area contributed by atoms with Crippen molar-refractivity contribution < 1.29 is 9.47 Å². The van der Waals surface area contributed by atoms with Crippen molar-refractivity contribution in [3.8, 4) is 0 Å². The molecule has 0 amide bonds. The third kappa shape index (κ3) is 3.10. The molecule has 80 valence electrons. The highest BCUT2D eigenvalue weighted by atomic mass is 16.7. The lowest BCUT2D eigenvalue weighted by Gasteiger charge is -2.07. The van der Waals surface area contributed by atoms with E-state index in [9.17, 15) is 0 Å². The molecule has 0 bridgehead atoms. The van der Waals surface area contributed by atoms with Gasteiger partial charge in [-0.1, -0.05) is 37.3 Å². The van der Waals surface area contributed by atoms with Crippen LogP contribution in [0.1, 0.15) is 18.9 Å². The highest BCUT2D eigenvalue weighted by molar-refractivity contribution is 5.47. The first-order chi connectivity index (χ1) is 7.34. The Bertz CT molecular complexity index is 319. The first-order valence-corrected chi connectivity index (χ1v) is 5.33. The minimum Gasteiger partial charge on any atom is -0.473 e. The molecule has 2 rings (SSSR count). The van der Waals surface area contributed by atoms with Crippen LogP contribution in [-0.2, 0) is 9.47 Å². The van der Waals surface area contributed by atoms with E-state index in [1.807, 2.05) is 36.4 Å². The number of hydrogen-bond donors (Lipinski definition) is 0. The van der Waals surface area contributed by atoms with Crippen molar-refractivity contribution in [1.82, 2.24) is 0 Å². The third-order valence-electron chi connectivity index (χ3n) is 2.45. The Labute approximate surface area is 90.5 Å². The van der Waals surface area contributed by atoms with Crippen LogP contribution >= 0.6 is 0 Å². The molecule has 1 aliphatic rings. The van der Waals surface area contributed by atoms with E-state index in [2.05, 4.69) is 6.92 Å². The summed E-state index contributed by atoms with van der Waals surface area (Å²) in [6.45, 7) is 2.98. The molecule has 2 heteroatoms. The van der Waals surface area contributed by atoms with Gasteiger partial charge in [-0.15, -0.1) is 0 Å². The maximum absolute atomic E-state index is 5.47. The Kier molecular flexibility index (Phi) is 3.41. The molecule has 0 spiro atoms. The molecule has 1 saturated heterocycles. The van der Waals surface area contributed by atoms with E-state index in [4.69, 9.17) is 9.47 Å². The van der Waals surface area contributed by atoms with Gasteiger partial charge in [-0.25, -0.2) is 0 Å². The third-order valence-corrected chi connectivity index (χ3v) is 2.45. The standard InChI is InChI=1S/C13H16O2/c1-11-9-13(15-10-11)14-8-7-12-5-3-2-4-6-12/h2-8,11,13H,9-10H2,1H3. The van der Waals surface area contributed by atoms with Crippen molar-refractivity contribution in [2.45, 2.75) is 19.6 Å². The average Bonchev–Trinajstić information content (AvgIpc) is 2.66. The van der Waals surface area contributed by atoms with Crippen LogP contribution in [0.25, 0.3) is 6.08 Å². The predicted octanol–water partition coefficient (Wildman–Crippen LogP) is 3.06. The van der Waals surface area contributed by atoms with Gasteiger partial charge in [0.05, 0.1) is 12.9 Å². The predicted molar refractivity (Wildman–Crippen MR) is 60.1 cm³/mol. The van der Waals surface area contributed by atoms with Crippen LogP contribution in [0.15, 0.2) is 36.6 Å². The molecule has 2 atom stereocenters. The van der Waals surface area contributed by atoms with Gasteiger partial charge >= 0.3 is 0 Å². The maximum atomic E-state index is 5.47. The highest BCUT2D eigenvalue weighted by Crippen LogP contribution is 2.19. The van der Waals surface area contributed by atoms with Crippen molar-refractivity contribution in [2.24, 2.45) is 5.92 Å². The summed E-state index contributed by atoms with van der Waals surface area (Å²) >= 11 is 0. The summed E-state index contributed by atoms with van der Waals surface area (Å²) in [6.07, 6.45) is 4.60. The van der Waals surface area contributed by atoms with Gasteiger partial charge in [0.25, 0.3) is 0 Å². The average molecular weight is 204 g/mol. The molecule has 0 N–H and O–H groups in total. The van der Waals surface area contributed by atoms with Crippen LogP contribution in [0.2, 0.25) is 0 Å². The molecule has 15 heavy (non-hydrogen) atoms. The fourth-order valence-electron chi connectivity index (χ4n) is 1.60. The van der Waals surface area contributed by atoms with Gasteiger partial charge in [0.1, 0.15) is 0 Å². The number of rotatable bonds is 3. The minimum atomic E-state index is -0.0556. The van der Waals surface area contributed by atoms with Gasteiger partial charge in [-0.2, -0.15) is 0 Å². The molecule has 0 radical (unpaired) electrons. The molecule has 1 fully saturated rings. The summed E-state index contributed by atoms with van der Waals surface area (Å²) in [5.41, 5.74) is 1.14. The van der Waals surface area contributed by atoms with Crippen LogP contribution in [0, 0.1) is 5.92 Å². The van der Waals surface area contributed by atoms with Gasteiger partial charge in [0.2, 0.25) is 0 Å². The number of ether oxygens (including phenoxy) is 2. The second kappa shape index (κ2) is 4.99. The first kappa shape index (κ1) is 10.2. The minimum absolute atomic E-state index is 0.0556. The van der Waals surface area contributed by atoms with Crippen molar-refractivity contribution in [3.05, 3.63) is 42.2 Å². The Morgan fingerprint density at radius 3 is 2.80 bits per heavy atom. The smallest absolute Gasteiger partial charge is 0.199 e. The van der Waals surface area contributed by atoms with Crippen molar-refractivity contribution in [1.29, 1.82) is 0 Å². The SMILES string of the molecule is CC1COC(OC=Cc2ccccc2)C1. The molecule has 1 aliphatic heterocycles. The molecule has 1 aromatic carbocycles. The quantitative estimate of drug-likeness (QED) is 0.704. The van der Waals surface area contributed by atoms with Gasteiger partial charge in [0, 0.05) is 6.42 Å². The van der Waals surface area contributed by atoms with E-state index in [0.29, 0.717) is 5.92 Å². The molecule has 0 aromatic heterocycles. The molecule has 2 nitrogen and oxygen atoms in total. The lowest BCUT2D eigenvalue weighted by Crippen LogP contribution is -2.05. The summed E-state index contributed by atoms with van der Waals surface area (Å²) in [5, 5.41) is 0. The second-order valence-electron chi connectivity index (χ2n) is 3.95. The zero-order valence-corrected chi connectivity index (χ0v) is 8.93. The summed E-state index contributed by atoms with van der Waals surface area (Å²) < 4.78 is 10.9. The Hall–Kier alpha value is -1.28. The Morgan fingerprint density at radius 2 is 2.13 bits per heavy atom. The zero-order chi connectivity index (χ0) is 10.5. The molecule has 1 heterocycles. The molecular formula is C13H16O2. The normalized spacial score (nSPS) is 25.9. The fraction of sp³-hybridized carbons (Fsp3) is 0.385. The molecule has 1 aromatic rings. The second-order valence-corrected chi connectivity index (χ2v) is 3.95. The van der Waals surface area contributed by atoms with Gasteiger partial charge in [-0.05, 0) is 17.6 Å². The molecule has 0 saturated carbocycles. The highest BCUT2D eigenvalue weighted by Gasteiger charge is 2.21. The first-order valence-electron chi connectivity index (χ1n) is 5.33. The van der Waals surface area contributed by atoms with Crippen LogP contribution in [-0.4, -0.2) is 12.9 Å². The Morgan fingerprint density at radius 1 is 1.33 bits per heavy atom. The van der Waals surface area contributed by atoms with E-state index < -0.39 is 0 Å². The van der Waals surface area contributed by atoms with Crippen molar-refractivity contribution >= 4 is 6.08 Å². The summed E-state index contributed by atoms with van der Waals surface area (Å²) in [7, 11) is 0. The largest absolute Gasteiger partial charge is 0.473 e. The van der Waals surface area contributed by atoms with E-state index in [1.54, 1.807) is 6.26 Å². The monoisotopic (exact) mass is 204 g/mol. The van der Waals surface area contributed by atoms with Crippen molar-refractivity contribution in [3.63, 3.8) is 0 Å². The van der Waals surface area contributed by atoms with E-state index in [-0.39, 0.29) is 6.29 Å². The lowest BCUT2D eigenvalue weighted by atomic mass is 10.1.